The molecule has 0 aliphatic carbocycles. The fraction of sp³-hybridized carbons (Fsp3) is 0.385. The van der Waals surface area contributed by atoms with E-state index in [1.165, 1.54) is 5.69 Å². The highest BCUT2D eigenvalue weighted by Crippen LogP contribution is 2.11. The van der Waals surface area contributed by atoms with Crippen molar-refractivity contribution < 1.29 is 0 Å². The number of hydrogen-bond acceptors (Lipinski definition) is 2. The van der Waals surface area contributed by atoms with Gasteiger partial charge in [0, 0.05) is 11.9 Å². The standard InChI is InChI=1S/C13H16ClN3/c1-3-11-7-12(4-2)17(16-11)9-10-5-6-13(14)15-8-10/h5-8H,3-4,9H2,1-2H3. The zero-order chi connectivity index (χ0) is 12.3. The third kappa shape index (κ3) is 2.86. The van der Waals surface area contributed by atoms with Crippen molar-refractivity contribution in [2.45, 2.75) is 33.2 Å². The van der Waals surface area contributed by atoms with Gasteiger partial charge in [0.25, 0.3) is 0 Å². The average Bonchev–Trinajstić information content (AvgIpc) is 2.74. The lowest BCUT2D eigenvalue weighted by atomic mass is 10.2. The molecular weight excluding hydrogens is 234 g/mol. The van der Waals surface area contributed by atoms with Crippen molar-refractivity contribution in [3.8, 4) is 0 Å². The molecule has 0 aliphatic heterocycles. The van der Waals surface area contributed by atoms with E-state index >= 15 is 0 Å². The van der Waals surface area contributed by atoms with Crippen LogP contribution in [0.2, 0.25) is 5.15 Å². The highest BCUT2D eigenvalue weighted by molar-refractivity contribution is 6.29. The Labute approximate surface area is 106 Å². The molecule has 0 fully saturated rings. The largest absolute Gasteiger partial charge is 0.265 e. The van der Waals surface area contributed by atoms with Crippen molar-refractivity contribution in [1.29, 1.82) is 0 Å². The summed E-state index contributed by atoms with van der Waals surface area (Å²) in [5.74, 6) is 0. The molecule has 2 aromatic heterocycles. The van der Waals surface area contributed by atoms with E-state index in [-0.39, 0.29) is 0 Å². The lowest BCUT2D eigenvalue weighted by Gasteiger charge is -2.05. The number of halogens is 1. The van der Waals surface area contributed by atoms with Crippen molar-refractivity contribution >= 4 is 11.6 Å². The van der Waals surface area contributed by atoms with Gasteiger partial charge in [-0.05, 0) is 30.5 Å². The summed E-state index contributed by atoms with van der Waals surface area (Å²) in [6, 6.07) is 5.97. The van der Waals surface area contributed by atoms with Crippen LogP contribution in [0.15, 0.2) is 24.4 Å². The van der Waals surface area contributed by atoms with Crippen LogP contribution in [-0.4, -0.2) is 14.8 Å². The fourth-order valence-corrected chi connectivity index (χ4v) is 1.89. The second kappa shape index (κ2) is 5.32. The lowest BCUT2D eigenvalue weighted by Crippen LogP contribution is -2.06. The van der Waals surface area contributed by atoms with E-state index in [9.17, 15) is 0 Å². The number of rotatable bonds is 4. The Morgan fingerprint density at radius 3 is 2.65 bits per heavy atom. The van der Waals surface area contributed by atoms with E-state index in [1.807, 2.05) is 16.8 Å². The summed E-state index contributed by atoms with van der Waals surface area (Å²) >= 11 is 5.77. The van der Waals surface area contributed by atoms with Crippen LogP contribution < -0.4 is 0 Å². The number of nitrogens with zero attached hydrogens (tertiary/aromatic N) is 3. The first kappa shape index (κ1) is 12.1. The molecule has 0 aromatic carbocycles. The molecule has 0 saturated carbocycles. The molecule has 2 heterocycles. The minimum Gasteiger partial charge on any atom is -0.265 e. The van der Waals surface area contributed by atoms with Crippen LogP contribution in [0.3, 0.4) is 0 Å². The van der Waals surface area contributed by atoms with Gasteiger partial charge in [-0.25, -0.2) is 4.98 Å². The van der Waals surface area contributed by atoms with E-state index in [0.717, 1.165) is 30.6 Å². The third-order valence-electron chi connectivity index (χ3n) is 2.76. The van der Waals surface area contributed by atoms with Gasteiger partial charge in [-0.15, -0.1) is 0 Å². The summed E-state index contributed by atoms with van der Waals surface area (Å²) in [6.45, 7) is 5.02. The molecule has 3 nitrogen and oxygen atoms in total. The zero-order valence-corrected chi connectivity index (χ0v) is 10.9. The van der Waals surface area contributed by atoms with Crippen LogP contribution in [-0.2, 0) is 19.4 Å². The van der Waals surface area contributed by atoms with Crippen molar-refractivity contribution in [3.63, 3.8) is 0 Å². The minimum absolute atomic E-state index is 0.527. The molecule has 17 heavy (non-hydrogen) atoms. The first-order chi connectivity index (χ1) is 8.22. The molecule has 0 saturated heterocycles. The topological polar surface area (TPSA) is 30.7 Å². The molecule has 0 spiro atoms. The molecule has 0 radical (unpaired) electrons. The highest BCUT2D eigenvalue weighted by atomic mass is 35.5. The molecule has 0 atom stereocenters. The van der Waals surface area contributed by atoms with Crippen molar-refractivity contribution in [2.24, 2.45) is 0 Å². The smallest absolute Gasteiger partial charge is 0.129 e. The van der Waals surface area contributed by atoms with E-state index in [2.05, 4.69) is 30.0 Å². The summed E-state index contributed by atoms with van der Waals surface area (Å²) in [5.41, 5.74) is 3.52. The second-order valence-electron chi connectivity index (χ2n) is 3.98. The Kier molecular flexibility index (Phi) is 3.79. The minimum atomic E-state index is 0.527. The maximum atomic E-state index is 5.77. The van der Waals surface area contributed by atoms with Crippen LogP contribution in [0.1, 0.15) is 30.8 Å². The van der Waals surface area contributed by atoms with Crippen LogP contribution in [0, 0.1) is 0 Å². The molecule has 4 heteroatoms. The van der Waals surface area contributed by atoms with Gasteiger partial charge in [-0.3, -0.25) is 4.68 Å². The van der Waals surface area contributed by atoms with Crippen molar-refractivity contribution in [1.82, 2.24) is 14.8 Å². The summed E-state index contributed by atoms with van der Waals surface area (Å²) in [6.07, 6.45) is 3.77. The van der Waals surface area contributed by atoms with Gasteiger partial charge in [0.1, 0.15) is 5.15 Å². The Morgan fingerprint density at radius 1 is 1.24 bits per heavy atom. The third-order valence-corrected chi connectivity index (χ3v) is 2.98. The van der Waals surface area contributed by atoms with E-state index in [1.54, 1.807) is 6.20 Å². The monoisotopic (exact) mass is 249 g/mol. The van der Waals surface area contributed by atoms with Gasteiger partial charge in [0.05, 0.1) is 12.2 Å². The van der Waals surface area contributed by atoms with Gasteiger partial charge in [0.15, 0.2) is 0 Å². The van der Waals surface area contributed by atoms with Gasteiger partial charge >= 0.3 is 0 Å². The summed E-state index contributed by atoms with van der Waals surface area (Å²) < 4.78 is 2.05. The summed E-state index contributed by atoms with van der Waals surface area (Å²) in [7, 11) is 0. The Balaban J connectivity index is 2.22. The van der Waals surface area contributed by atoms with E-state index < -0.39 is 0 Å². The van der Waals surface area contributed by atoms with Crippen molar-refractivity contribution in [2.75, 3.05) is 0 Å². The van der Waals surface area contributed by atoms with Crippen LogP contribution in [0.5, 0.6) is 0 Å². The van der Waals surface area contributed by atoms with E-state index in [0.29, 0.717) is 5.15 Å². The van der Waals surface area contributed by atoms with Crippen LogP contribution in [0.25, 0.3) is 0 Å². The lowest BCUT2D eigenvalue weighted by molar-refractivity contribution is 0.639. The SMILES string of the molecule is CCc1cc(CC)n(Cc2ccc(Cl)nc2)n1. The molecule has 0 amide bonds. The molecule has 0 unspecified atom stereocenters. The number of aromatic nitrogens is 3. The summed E-state index contributed by atoms with van der Waals surface area (Å²) in [5, 5.41) is 5.10. The normalized spacial score (nSPS) is 10.8. The molecule has 0 bridgehead atoms. The molecule has 90 valence electrons. The van der Waals surface area contributed by atoms with Gasteiger partial charge < -0.3 is 0 Å². The highest BCUT2D eigenvalue weighted by Gasteiger charge is 2.05. The predicted molar refractivity (Wildman–Crippen MR) is 69.3 cm³/mol. The number of pyridine rings is 1. The van der Waals surface area contributed by atoms with Crippen LogP contribution in [0.4, 0.5) is 0 Å². The number of hydrogen-bond donors (Lipinski definition) is 0. The first-order valence-corrected chi connectivity index (χ1v) is 6.26. The second-order valence-corrected chi connectivity index (χ2v) is 4.37. The van der Waals surface area contributed by atoms with E-state index in [4.69, 9.17) is 11.6 Å². The molecule has 0 N–H and O–H groups in total. The molecule has 2 aromatic rings. The van der Waals surface area contributed by atoms with Gasteiger partial charge in [-0.1, -0.05) is 31.5 Å². The first-order valence-electron chi connectivity index (χ1n) is 5.89. The maximum absolute atomic E-state index is 5.77. The Hall–Kier alpha value is -1.35. The Bertz CT molecular complexity index is 488. The van der Waals surface area contributed by atoms with Gasteiger partial charge in [0.2, 0.25) is 0 Å². The number of aryl methyl sites for hydroxylation is 2. The van der Waals surface area contributed by atoms with Gasteiger partial charge in [-0.2, -0.15) is 5.10 Å². The van der Waals surface area contributed by atoms with Crippen LogP contribution >= 0.6 is 11.6 Å². The average molecular weight is 250 g/mol. The molecule has 0 aliphatic rings. The maximum Gasteiger partial charge on any atom is 0.129 e. The summed E-state index contributed by atoms with van der Waals surface area (Å²) in [4.78, 5) is 4.08. The Morgan fingerprint density at radius 2 is 2.06 bits per heavy atom. The fourth-order valence-electron chi connectivity index (χ4n) is 1.78. The zero-order valence-electron chi connectivity index (χ0n) is 10.2. The molecule has 2 rings (SSSR count). The quantitative estimate of drug-likeness (QED) is 0.780. The van der Waals surface area contributed by atoms with Crippen molar-refractivity contribution in [3.05, 3.63) is 46.5 Å². The molecular formula is C13H16ClN3. The predicted octanol–water partition coefficient (Wildman–Crippen LogP) is 3.10.